The number of hydrogen-bond acceptors (Lipinski definition) is 5. The number of halogens is 2. The minimum atomic E-state index is -4.32. The van der Waals surface area contributed by atoms with E-state index in [-0.39, 0.29) is 22.0 Å². The minimum absolute atomic E-state index is 0.0324. The number of carbonyl (C=O) groups excluding carboxylic acids is 1. The van der Waals surface area contributed by atoms with Crippen LogP contribution in [0.5, 0.6) is 0 Å². The zero-order chi connectivity index (χ0) is 22.9. The van der Waals surface area contributed by atoms with E-state index in [1.165, 1.54) is 36.4 Å². The van der Waals surface area contributed by atoms with E-state index in [2.05, 4.69) is 10.0 Å². The van der Waals surface area contributed by atoms with E-state index < -0.39 is 32.3 Å². The molecule has 7 nitrogen and oxygen atoms in total. The fourth-order valence-electron chi connectivity index (χ4n) is 2.98. The summed E-state index contributed by atoms with van der Waals surface area (Å²) in [7, 11) is -4.32. The van der Waals surface area contributed by atoms with Gasteiger partial charge < -0.3 is 9.73 Å². The van der Waals surface area contributed by atoms with E-state index in [9.17, 15) is 22.4 Å². The van der Waals surface area contributed by atoms with Crippen LogP contribution in [0.1, 0.15) is 10.4 Å². The summed E-state index contributed by atoms with van der Waals surface area (Å²) in [5.41, 5.74) is -0.940. The van der Waals surface area contributed by atoms with Crippen molar-refractivity contribution in [2.75, 3.05) is 10.0 Å². The van der Waals surface area contributed by atoms with Crippen molar-refractivity contribution in [3.8, 4) is 0 Å². The van der Waals surface area contributed by atoms with Crippen molar-refractivity contribution in [2.45, 2.75) is 4.90 Å². The Hall–Kier alpha value is -3.69. The van der Waals surface area contributed by atoms with Crippen LogP contribution in [-0.4, -0.2) is 14.3 Å². The summed E-state index contributed by atoms with van der Waals surface area (Å²) in [4.78, 5) is 24.5. The highest BCUT2D eigenvalue weighted by Crippen LogP contribution is 2.29. The summed E-state index contributed by atoms with van der Waals surface area (Å²) < 4.78 is 46.7. The van der Waals surface area contributed by atoms with Crippen LogP contribution in [0.3, 0.4) is 0 Å². The van der Waals surface area contributed by atoms with Gasteiger partial charge in [0.15, 0.2) is 0 Å². The molecule has 1 heterocycles. The maximum absolute atomic E-state index is 14.0. The summed E-state index contributed by atoms with van der Waals surface area (Å²) in [6.07, 6.45) is 0. The largest absolute Gasteiger partial charge is 0.422 e. The second kappa shape index (κ2) is 8.45. The second-order valence-electron chi connectivity index (χ2n) is 6.67. The third-order valence-corrected chi connectivity index (χ3v) is 6.12. The minimum Gasteiger partial charge on any atom is -0.422 e. The maximum atomic E-state index is 14.0. The first-order chi connectivity index (χ1) is 15.2. The highest BCUT2D eigenvalue weighted by atomic mass is 35.5. The number of hydrogen-bond donors (Lipinski definition) is 2. The summed E-state index contributed by atoms with van der Waals surface area (Å²) in [6, 6.07) is 16.9. The van der Waals surface area contributed by atoms with Crippen LogP contribution in [0, 0.1) is 5.82 Å². The summed E-state index contributed by atoms with van der Waals surface area (Å²) >= 11 is 6.00. The van der Waals surface area contributed by atoms with E-state index in [0.717, 1.165) is 12.1 Å². The van der Waals surface area contributed by atoms with Gasteiger partial charge in [-0.2, -0.15) is 0 Å². The average molecular weight is 473 g/mol. The summed E-state index contributed by atoms with van der Waals surface area (Å²) in [5, 5.41) is 3.18. The lowest BCUT2D eigenvalue weighted by atomic mass is 10.1. The SMILES string of the molecule is O=C(Nc1cc(Cl)ccc1NS(=O)(=O)c1ccccc1F)c1cc2ccccc2oc1=O. The van der Waals surface area contributed by atoms with Crippen molar-refractivity contribution in [3.63, 3.8) is 0 Å². The molecule has 0 radical (unpaired) electrons. The van der Waals surface area contributed by atoms with Crippen molar-refractivity contribution >= 4 is 49.9 Å². The molecule has 1 amide bonds. The molecule has 0 spiro atoms. The van der Waals surface area contributed by atoms with E-state index >= 15 is 0 Å². The van der Waals surface area contributed by atoms with Crippen LogP contribution in [-0.2, 0) is 10.0 Å². The number of rotatable bonds is 5. The fraction of sp³-hybridized carbons (Fsp3) is 0. The van der Waals surface area contributed by atoms with Crippen molar-refractivity contribution in [1.82, 2.24) is 0 Å². The third kappa shape index (κ3) is 4.34. The Bertz CT molecular complexity index is 1520. The van der Waals surface area contributed by atoms with Crippen LogP contribution < -0.4 is 15.7 Å². The van der Waals surface area contributed by atoms with Crippen LogP contribution in [0.4, 0.5) is 15.8 Å². The molecule has 0 unspecified atom stereocenters. The first kappa shape index (κ1) is 21.5. The molecular formula is C22H14ClFN2O5S. The number of para-hydroxylation sites is 1. The monoisotopic (exact) mass is 472 g/mol. The molecule has 0 aliphatic carbocycles. The van der Waals surface area contributed by atoms with Gasteiger partial charge in [0.05, 0.1) is 11.4 Å². The van der Waals surface area contributed by atoms with E-state index in [4.69, 9.17) is 16.0 Å². The Kier molecular flexibility index (Phi) is 5.68. The van der Waals surface area contributed by atoms with Gasteiger partial charge in [-0.1, -0.05) is 41.9 Å². The van der Waals surface area contributed by atoms with Crippen LogP contribution in [0.2, 0.25) is 5.02 Å². The van der Waals surface area contributed by atoms with Gasteiger partial charge in [0.1, 0.15) is 21.9 Å². The molecular weight excluding hydrogens is 459 g/mol. The molecule has 0 aliphatic rings. The lowest BCUT2D eigenvalue weighted by Crippen LogP contribution is -2.22. The van der Waals surface area contributed by atoms with Crippen LogP contribution >= 0.6 is 11.6 Å². The third-order valence-electron chi connectivity index (χ3n) is 4.49. The fourth-order valence-corrected chi connectivity index (χ4v) is 4.31. The van der Waals surface area contributed by atoms with E-state index in [1.54, 1.807) is 24.3 Å². The Morgan fingerprint density at radius 2 is 1.66 bits per heavy atom. The number of anilines is 2. The molecule has 0 bridgehead atoms. The van der Waals surface area contributed by atoms with Gasteiger partial charge in [-0.3, -0.25) is 9.52 Å². The maximum Gasteiger partial charge on any atom is 0.349 e. The van der Waals surface area contributed by atoms with Gasteiger partial charge >= 0.3 is 5.63 Å². The molecule has 0 saturated heterocycles. The zero-order valence-electron chi connectivity index (χ0n) is 16.1. The van der Waals surface area contributed by atoms with Crippen LogP contribution in [0.25, 0.3) is 11.0 Å². The lowest BCUT2D eigenvalue weighted by molar-refractivity contribution is 0.102. The quantitative estimate of drug-likeness (QED) is 0.412. The van der Waals surface area contributed by atoms with Gasteiger partial charge in [0, 0.05) is 10.4 Å². The summed E-state index contributed by atoms with van der Waals surface area (Å²) in [5.74, 6) is -1.77. The summed E-state index contributed by atoms with van der Waals surface area (Å²) in [6.45, 7) is 0. The molecule has 0 saturated carbocycles. The van der Waals surface area contributed by atoms with Crippen molar-refractivity contribution in [2.24, 2.45) is 0 Å². The van der Waals surface area contributed by atoms with E-state index in [0.29, 0.717) is 11.0 Å². The van der Waals surface area contributed by atoms with Gasteiger partial charge in [0.2, 0.25) is 0 Å². The molecule has 162 valence electrons. The Balaban J connectivity index is 1.69. The van der Waals surface area contributed by atoms with Gasteiger partial charge in [-0.15, -0.1) is 0 Å². The number of sulfonamides is 1. The first-order valence-corrected chi connectivity index (χ1v) is 11.0. The van der Waals surface area contributed by atoms with Crippen molar-refractivity contribution in [1.29, 1.82) is 0 Å². The number of fused-ring (bicyclic) bond motifs is 1. The van der Waals surface area contributed by atoms with E-state index in [1.807, 2.05) is 0 Å². The normalized spacial score (nSPS) is 11.3. The number of amides is 1. The molecule has 0 aliphatic heterocycles. The molecule has 0 atom stereocenters. The van der Waals surface area contributed by atoms with Crippen molar-refractivity contribution in [3.05, 3.63) is 99.6 Å². The standard InChI is InChI=1S/C22H14ClFN2O5S/c23-14-9-10-17(26-32(29,30)20-8-4-2-6-16(20)24)18(12-14)25-21(27)15-11-13-5-1-3-7-19(13)31-22(15)28/h1-12,26H,(H,25,27). The topological polar surface area (TPSA) is 105 Å². The van der Waals surface area contributed by atoms with Crippen molar-refractivity contribution < 1.29 is 22.0 Å². The number of carbonyl (C=O) groups is 1. The molecule has 3 aromatic carbocycles. The Labute approximate surface area is 186 Å². The molecule has 0 fully saturated rings. The van der Waals surface area contributed by atoms with Gasteiger partial charge in [-0.25, -0.2) is 17.6 Å². The number of benzene rings is 3. The molecule has 10 heteroatoms. The smallest absolute Gasteiger partial charge is 0.349 e. The molecule has 4 aromatic rings. The second-order valence-corrected chi connectivity index (χ2v) is 8.75. The van der Waals surface area contributed by atoms with Gasteiger partial charge in [0.25, 0.3) is 15.9 Å². The predicted molar refractivity (Wildman–Crippen MR) is 119 cm³/mol. The molecule has 32 heavy (non-hydrogen) atoms. The lowest BCUT2D eigenvalue weighted by Gasteiger charge is -2.14. The average Bonchev–Trinajstić information content (AvgIpc) is 2.75. The molecule has 4 rings (SSSR count). The van der Waals surface area contributed by atoms with Crippen LogP contribution in [0.15, 0.2) is 86.9 Å². The van der Waals surface area contributed by atoms with Gasteiger partial charge in [-0.05, 0) is 42.5 Å². The first-order valence-electron chi connectivity index (χ1n) is 9.16. The number of nitrogens with one attached hydrogen (secondary N) is 2. The predicted octanol–water partition coefficient (Wildman–Crippen LogP) is 4.64. The Morgan fingerprint density at radius 1 is 0.938 bits per heavy atom. The molecule has 2 N–H and O–H groups in total. The zero-order valence-corrected chi connectivity index (χ0v) is 17.7. The highest BCUT2D eigenvalue weighted by Gasteiger charge is 2.22. The Morgan fingerprint density at radius 3 is 2.44 bits per heavy atom. The molecule has 1 aromatic heterocycles. The highest BCUT2D eigenvalue weighted by molar-refractivity contribution is 7.92.